The summed E-state index contributed by atoms with van der Waals surface area (Å²) in [6.45, 7) is 4.48. The first-order valence-corrected chi connectivity index (χ1v) is 11.1. The molecule has 1 N–H and O–H groups in total. The maximum atomic E-state index is 13.9. The molecule has 1 aliphatic heterocycles. The van der Waals surface area contributed by atoms with Crippen molar-refractivity contribution in [2.24, 2.45) is 0 Å². The second-order valence-electron chi connectivity index (χ2n) is 7.80. The Morgan fingerprint density at radius 1 is 1.09 bits per heavy atom. The molecule has 2 heterocycles. The molecule has 174 valence electrons. The first-order valence-electron chi connectivity index (χ1n) is 10.8. The van der Waals surface area contributed by atoms with Crippen LogP contribution >= 0.6 is 11.6 Å². The number of amides is 1. The molecule has 0 radical (unpaired) electrons. The SMILES string of the molecule is O=C(NCCCN1CCN(c2ccccc2F)CC1)c1nnc(Cc2ccc(F)cc2Cl)o1. The molecule has 0 saturated carbocycles. The third kappa shape index (κ3) is 6.06. The molecule has 33 heavy (non-hydrogen) atoms. The molecule has 1 fully saturated rings. The maximum Gasteiger partial charge on any atom is 0.308 e. The molecular formula is C23H24ClF2N5O2. The second-order valence-corrected chi connectivity index (χ2v) is 8.21. The van der Waals surface area contributed by atoms with E-state index in [9.17, 15) is 13.6 Å². The second kappa shape index (κ2) is 10.7. The zero-order chi connectivity index (χ0) is 23.2. The number of anilines is 1. The maximum absolute atomic E-state index is 13.9. The number of nitrogens with one attached hydrogen (secondary N) is 1. The van der Waals surface area contributed by atoms with Gasteiger partial charge in [-0.25, -0.2) is 8.78 Å². The van der Waals surface area contributed by atoms with Gasteiger partial charge in [0, 0.05) is 37.7 Å². The highest BCUT2D eigenvalue weighted by molar-refractivity contribution is 6.31. The molecule has 1 aliphatic rings. The van der Waals surface area contributed by atoms with Crippen molar-refractivity contribution in [3.05, 3.63) is 76.5 Å². The summed E-state index contributed by atoms with van der Waals surface area (Å²) in [6.07, 6.45) is 0.968. The number of para-hydroxylation sites is 1. The zero-order valence-corrected chi connectivity index (χ0v) is 18.7. The number of hydrogen-bond donors (Lipinski definition) is 1. The number of carbonyl (C=O) groups is 1. The number of nitrogens with zero attached hydrogens (tertiary/aromatic N) is 4. The van der Waals surface area contributed by atoms with E-state index in [0.717, 1.165) is 39.1 Å². The molecule has 0 bridgehead atoms. The third-order valence-corrected chi connectivity index (χ3v) is 5.87. The van der Waals surface area contributed by atoms with Crippen LogP contribution in [-0.2, 0) is 6.42 Å². The van der Waals surface area contributed by atoms with Crippen molar-refractivity contribution in [1.82, 2.24) is 20.4 Å². The van der Waals surface area contributed by atoms with Gasteiger partial charge in [0.05, 0.1) is 12.1 Å². The Morgan fingerprint density at radius 2 is 1.88 bits per heavy atom. The van der Waals surface area contributed by atoms with Gasteiger partial charge in [0.2, 0.25) is 5.89 Å². The van der Waals surface area contributed by atoms with E-state index in [2.05, 4.69) is 25.3 Å². The normalized spacial score (nSPS) is 14.5. The van der Waals surface area contributed by atoms with Crippen molar-refractivity contribution < 1.29 is 18.0 Å². The van der Waals surface area contributed by atoms with Crippen molar-refractivity contribution in [1.29, 1.82) is 0 Å². The van der Waals surface area contributed by atoms with Crippen LogP contribution in [0.4, 0.5) is 14.5 Å². The van der Waals surface area contributed by atoms with E-state index >= 15 is 0 Å². The minimum atomic E-state index is -0.441. The third-order valence-electron chi connectivity index (χ3n) is 5.52. The number of aromatic nitrogens is 2. The monoisotopic (exact) mass is 475 g/mol. The van der Waals surface area contributed by atoms with Gasteiger partial charge in [-0.15, -0.1) is 10.2 Å². The van der Waals surface area contributed by atoms with Gasteiger partial charge < -0.3 is 14.6 Å². The Morgan fingerprint density at radius 3 is 2.64 bits per heavy atom. The quantitative estimate of drug-likeness (QED) is 0.502. The zero-order valence-electron chi connectivity index (χ0n) is 17.9. The highest BCUT2D eigenvalue weighted by atomic mass is 35.5. The predicted octanol–water partition coefficient (Wildman–Crippen LogP) is 3.53. The van der Waals surface area contributed by atoms with Crippen LogP contribution in [0.1, 0.15) is 28.6 Å². The summed E-state index contributed by atoms with van der Waals surface area (Å²) >= 11 is 6.01. The molecule has 1 saturated heterocycles. The molecule has 0 spiro atoms. The van der Waals surface area contributed by atoms with E-state index < -0.39 is 11.7 Å². The highest BCUT2D eigenvalue weighted by Crippen LogP contribution is 2.21. The summed E-state index contributed by atoms with van der Waals surface area (Å²) < 4.78 is 32.5. The lowest BCUT2D eigenvalue weighted by Gasteiger charge is -2.36. The molecule has 4 rings (SSSR count). The number of halogens is 3. The van der Waals surface area contributed by atoms with E-state index in [1.165, 1.54) is 24.3 Å². The Bertz CT molecular complexity index is 1100. The standard InChI is InChI=1S/C23H24ClF2N5O2/c24-18-15-17(25)7-6-16(18)14-21-28-29-23(33-21)22(32)27-8-3-9-30-10-12-31(13-11-30)20-5-2-1-4-19(20)26/h1-2,4-7,15H,3,8-14H2,(H,27,32). The summed E-state index contributed by atoms with van der Waals surface area (Å²) in [4.78, 5) is 16.6. The first-order chi connectivity index (χ1) is 16.0. The highest BCUT2D eigenvalue weighted by Gasteiger charge is 2.19. The molecule has 0 unspecified atom stereocenters. The lowest BCUT2D eigenvalue weighted by atomic mass is 10.1. The molecular weight excluding hydrogens is 452 g/mol. The van der Waals surface area contributed by atoms with Gasteiger partial charge in [0.1, 0.15) is 11.6 Å². The molecule has 10 heteroatoms. The lowest BCUT2D eigenvalue weighted by Crippen LogP contribution is -2.47. The van der Waals surface area contributed by atoms with E-state index in [-0.39, 0.29) is 29.0 Å². The average Bonchev–Trinajstić information content (AvgIpc) is 3.28. The Hall–Kier alpha value is -3.04. The van der Waals surface area contributed by atoms with Crippen LogP contribution in [0.2, 0.25) is 5.02 Å². The van der Waals surface area contributed by atoms with Gasteiger partial charge in [-0.2, -0.15) is 0 Å². The number of rotatable bonds is 8. The van der Waals surface area contributed by atoms with Crippen LogP contribution in [0.5, 0.6) is 0 Å². The summed E-state index contributed by atoms with van der Waals surface area (Å²) in [6, 6.07) is 10.9. The van der Waals surface area contributed by atoms with Gasteiger partial charge in [0.15, 0.2) is 0 Å². The fourth-order valence-electron chi connectivity index (χ4n) is 3.75. The Kier molecular flexibility index (Phi) is 7.51. The van der Waals surface area contributed by atoms with Crippen molar-refractivity contribution in [2.75, 3.05) is 44.2 Å². The van der Waals surface area contributed by atoms with E-state index in [0.29, 0.717) is 17.8 Å². The summed E-state index contributed by atoms with van der Waals surface area (Å²) in [5, 5.41) is 10.7. The number of hydrogen-bond acceptors (Lipinski definition) is 6. The minimum Gasteiger partial charge on any atom is -0.417 e. The van der Waals surface area contributed by atoms with Gasteiger partial charge >= 0.3 is 11.8 Å². The average molecular weight is 476 g/mol. The largest absolute Gasteiger partial charge is 0.417 e. The molecule has 7 nitrogen and oxygen atoms in total. The smallest absolute Gasteiger partial charge is 0.308 e. The Balaban J connectivity index is 1.17. The van der Waals surface area contributed by atoms with Crippen LogP contribution < -0.4 is 10.2 Å². The van der Waals surface area contributed by atoms with Crippen LogP contribution in [-0.4, -0.2) is 60.3 Å². The Labute approximate surface area is 195 Å². The molecule has 0 aliphatic carbocycles. The number of carbonyl (C=O) groups excluding carboxylic acids is 1. The topological polar surface area (TPSA) is 74.5 Å². The summed E-state index contributed by atoms with van der Waals surface area (Å²) in [5.41, 5.74) is 1.27. The van der Waals surface area contributed by atoms with Gasteiger partial charge in [-0.1, -0.05) is 29.8 Å². The van der Waals surface area contributed by atoms with E-state index in [4.69, 9.17) is 16.0 Å². The summed E-state index contributed by atoms with van der Waals surface area (Å²) in [7, 11) is 0. The molecule has 2 aromatic carbocycles. The first kappa shape index (κ1) is 23.1. The van der Waals surface area contributed by atoms with Gasteiger partial charge in [-0.05, 0) is 42.8 Å². The van der Waals surface area contributed by atoms with Crippen molar-refractivity contribution >= 4 is 23.2 Å². The molecule has 1 amide bonds. The predicted molar refractivity (Wildman–Crippen MR) is 121 cm³/mol. The minimum absolute atomic E-state index is 0.123. The van der Waals surface area contributed by atoms with Crippen molar-refractivity contribution in [2.45, 2.75) is 12.8 Å². The van der Waals surface area contributed by atoms with Crippen molar-refractivity contribution in [3.63, 3.8) is 0 Å². The van der Waals surface area contributed by atoms with Gasteiger partial charge in [0.25, 0.3) is 0 Å². The number of piperazine rings is 1. The van der Waals surface area contributed by atoms with Gasteiger partial charge in [-0.3, -0.25) is 9.69 Å². The van der Waals surface area contributed by atoms with E-state index in [1.807, 2.05) is 6.07 Å². The van der Waals surface area contributed by atoms with Crippen LogP contribution in [0.25, 0.3) is 0 Å². The number of benzene rings is 2. The van der Waals surface area contributed by atoms with E-state index in [1.54, 1.807) is 12.1 Å². The molecule has 0 atom stereocenters. The molecule has 3 aromatic rings. The fourth-order valence-corrected chi connectivity index (χ4v) is 3.98. The fraction of sp³-hybridized carbons (Fsp3) is 0.348. The van der Waals surface area contributed by atoms with Crippen LogP contribution in [0.3, 0.4) is 0 Å². The molecule has 1 aromatic heterocycles. The van der Waals surface area contributed by atoms with Crippen LogP contribution in [0, 0.1) is 11.6 Å². The van der Waals surface area contributed by atoms with Crippen molar-refractivity contribution in [3.8, 4) is 0 Å². The lowest BCUT2D eigenvalue weighted by molar-refractivity contribution is 0.0915. The summed E-state index contributed by atoms with van der Waals surface area (Å²) in [5.74, 6) is -0.966. The van der Waals surface area contributed by atoms with Crippen LogP contribution in [0.15, 0.2) is 46.9 Å².